The Hall–Kier alpha value is -4.58. The lowest BCUT2D eigenvalue weighted by Gasteiger charge is -2.09. The standard InChI is InChI=1S/C22H12F2N6O3S/c23-13-6-4-12(5-7-13)19-26-20(28-22(31)17-8-9-18(34-17)30(32)33)16-11-25-29(21(16)27-19)15-3-1-2-14(24)10-15/h1-11H,(H,26,27,28,31). The summed E-state index contributed by atoms with van der Waals surface area (Å²) < 4.78 is 28.6. The van der Waals surface area contributed by atoms with Crippen LogP contribution in [0.25, 0.3) is 28.1 Å². The van der Waals surface area contributed by atoms with E-state index in [1.54, 1.807) is 6.07 Å². The zero-order valence-electron chi connectivity index (χ0n) is 17.0. The van der Waals surface area contributed by atoms with Gasteiger partial charge in [0.2, 0.25) is 0 Å². The minimum absolute atomic E-state index is 0.0908. The summed E-state index contributed by atoms with van der Waals surface area (Å²) in [4.78, 5) is 32.2. The van der Waals surface area contributed by atoms with E-state index in [1.807, 2.05) is 0 Å². The van der Waals surface area contributed by atoms with Crippen molar-refractivity contribution < 1.29 is 18.5 Å². The van der Waals surface area contributed by atoms with Crippen LogP contribution in [0.1, 0.15) is 9.67 Å². The van der Waals surface area contributed by atoms with Crippen LogP contribution in [0.3, 0.4) is 0 Å². The van der Waals surface area contributed by atoms with Gasteiger partial charge in [-0.1, -0.05) is 17.4 Å². The van der Waals surface area contributed by atoms with Crippen LogP contribution in [0.4, 0.5) is 19.6 Å². The molecular formula is C22H12F2N6O3S. The monoisotopic (exact) mass is 478 g/mol. The van der Waals surface area contributed by atoms with Crippen molar-refractivity contribution >= 4 is 39.1 Å². The maximum absolute atomic E-state index is 13.8. The van der Waals surface area contributed by atoms with Gasteiger partial charge in [0.1, 0.15) is 17.5 Å². The second-order valence-electron chi connectivity index (χ2n) is 7.03. The molecule has 0 atom stereocenters. The summed E-state index contributed by atoms with van der Waals surface area (Å²) in [6, 6.07) is 13.8. The van der Waals surface area contributed by atoms with Gasteiger partial charge < -0.3 is 5.32 Å². The second-order valence-corrected chi connectivity index (χ2v) is 8.09. The van der Waals surface area contributed by atoms with Crippen LogP contribution in [0, 0.1) is 21.7 Å². The van der Waals surface area contributed by atoms with Gasteiger partial charge in [0.25, 0.3) is 5.91 Å². The molecule has 168 valence electrons. The zero-order valence-corrected chi connectivity index (χ0v) is 17.8. The van der Waals surface area contributed by atoms with Gasteiger partial charge in [0, 0.05) is 11.6 Å². The quantitative estimate of drug-likeness (QED) is 0.281. The molecule has 0 unspecified atom stereocenters. The predicted molar refractivity (Wildman–Crippen MR) is 121 cm³/mol. The highest BCUT2D eigenvalue weighted by Crippen LogP contribution is 2.29. The van der Waals surface area contributed by atoms with Gasteiger partial charge in [-0.25, -0.2) is 23.4 Å². The molecular weight excluding hydrogens is 466 g/mol. The number of rotatable bonds is 5. The van der Waals surface area contributed by atoms with Gasteiger partial charge in [0.15, 0.2) is 11.5 Å². The number of carbonyl (C=O) groups excluding carboxylic acids is 1. The highest BCUT2D eigenvalue weighted by atomic mass is 32.1. The van der Waals surface area contributed by atoms with Crippen molar-refractivity contribution in [3.8, 4) is 17.1 Å². The van der Waals surface area contributed by atoms with Crippen molar-refractivity contribution in [2.24, 2.45) is 0 Å². The molecule has 2 aromatic carbocycles. The van der Waals surface area contributed by atoms with Crippen molar-refractivity contribution in [2.45, 2.75) is 0 Å². The highest BCUT2D eigenvalue weighted by Gasteiger charge is 2.20. The number of thiophene rings is 1. The molecule has 0 saturated carbocycles. The second kappa shape index (κ2) is 8.41. The van der Waals surface area contributed by atoms with Crippen molar-refractivity contribution in [3.63, 3.8) is 0 Å². The first kappa shape index (κ1) is 21.3. The lowest BCUT2D eigenvalue weighted by atomic mass is 10.2. The predicted octanol–water partition coefficient (Wildman–Crippen LogP) is 4.98. The van der Waals surface area contributed by atoms with Crippen LogP contribution in [0.5, 0.6) is 0 Å². The third-order valence-corrected chi connectivity index (χ3v) is 5.85. The fraction of sp³-hybridized carbons (Fsp3) is 0. The molecule has 9 nitrogen and oxygen atoms in total. The van der Waals surface area contributed by atoms with Gasteiger partial charge >= 0.3 is 5.00 Å². The smallest absolute Gasteiger partial charge is 0.305 e. The number of benzene rings is 2. The Morgan fingerprint density at radius 2 is 1.82 bits per heavy atom. The molecule has 0 aliphatic carbocycles. The number of nitrogens with zero attached hydrogens (tertiary/aromatic N) is 5. The molecule has 1 amide bonds. The molecule has 5 rings (SSSR count). The molecule has 3 heterocycles. The Bertz CT molecular complexity index is 1560. The van der Waals surface area contributed by atoms with Crippen molar-refractivity contribution in [1.82, 2.24) is 19.7 Å². The molecule has 0 aliphatic heterocycles. The summed E-state index contributed by atoms with van der Waals surface area (Å²) in [7, 11) is 0. The number of fused-ring (bicyclic) bond motifs is 1. The van der Waals surface area contributed by atoms with E-state index in [9.17, 15) is 23.7 Å². The van der Waals surface area contributed by atoms with Crippen LogP contribution in [0.2, 0.25) is 0 Å². The normalized spacial score (nSPS) is 11.0. The van der Waals surface area contributed by atoms with E-state index in [0.29, 0.717) is 16.6 Å². The molecule has 0 bridgehead atoms. The fourth-order valence-corrected chi connectivity index (χ4v) is 3.96. The first-order valence-electron chi connectivity index (χ1n) is 9.72. The number of anilines is 1. The van der Waals surface area contributed by atoms with E-state index < -0.39 is 22.5 Å². The van der Waals surface area contributed by atoms with Crippen LogP contribution in [-0.2, 0) is 0 Å². The Kier molecular flexibility index (Phi) is 5.26. The average Bonchev–Trinajstić information content (AvgIpc) is 3.48. The van der Waals surface area contributed by atoms with E-state index >= 15 is 0 Å². The SMILES string of the molecule is O=C(Nc1nc(-c2ccc(F)cc2)nc2c1cnn2-c1cccc(F)c1)c1ccc([N+](=O)[O-])s1. The highest BCUT2D eigenvalue weighted by molar-refractivity contribution is 7.17. The van der Waals surface area contributed by atoms with Gasteiger partial charge in [-0.3, -0.25) is 14.9 Å². The lowest BCUT2D eigenvalue weighted by Crippen LogP contribution is -2.12. The summed E-state index contributed by atoms with van der Waals surface area (Å²) in [6.07, 6.45) is 1.42. The lowest BCUT2D eigenvalue weighted by molar-refractivity contribution is -0.380. The number of nitro groups is 1. The summed E-state index contributed by atoms with van der Waals surface area (Å²) in [5, 5.41) is 18.1. The first-order chi connectivity index (χ1) is 16.4. The molecule has 0 saturated heterocycles. The molecule has 1 N–H and O–H groups in total. The van der Waals surface area contributed by atoms with E-state index in [2.05, 4.69) is 20.4 Å². The minimum atomic E-state index is -0.610. The van der Waals surface area contributed by atoms with E-state index in [1.165, 1.54) is 65.5 Å². The van der Waals surface area contributed by atoms with Crippen molar-refractivity contribution in [2.75, 3.05) is 5.32 Å². The van der Waals surface area contributed by atoms with Crippen LogP contribution < -0.4 is 5.32 Å². The summed E-state index contributed by atoms with van der Waals surface area (Å²) in [5.41, 5.74) is 1.13. The van der Waals surface area contributed by atoms with Gasteiger partial charge in [-0.2, -0.15) is 5.10 Å². The third kappa shape index (κ3) is 3.97. The Labute approximate surface area is 193 Å². The maximum Gasteiger partial charge on any atom is 0.324 e. The maximum atomic E-state index is 13.8. The minimum Gasteiger partial charge on any atom is -0.305 e. The molecule has 12 heteroatoms. The molecule has 0 radical (unpaired) electrons. The van der Waals surface area contributed by atoms with Crippen molar-refractivity contribution in [1.29, 1.82) is 0 Å². The van der Waals surface area contributed by atoms with E-state index in [0.717, 1.165) is 11.3 Å². The molecule has 0 fully saturated rings. The van der Waals surface area contributed by atoms with Crippen molar-refractivity contribution in [3.05, 3.63) is 93.5 Å². The number of carbonyl (C=O) groups is 1. The van der Waals surface area contributed by atoms with Crippen LogP contribution in [0.15, 0.2) is 66.9 Å². The summed E-state index contributed by atoms with van der Waals surface area (Å²) >= 11 is 0.721. The Morgan fingerprint density at radius 1 is 1.03 bits per heavy atom. The molecule has 34 heavy (non-hydrogen) atoms. The summed E-state index contributed by atoms with van der Waals surface area (Å²) in [5.74, 6) is -1.27. The molecule has 3 aromatic heterocycles. The topological polar surface area (TPSA) is 116 Å². The van der Waals surface area contributed by atoms with Gasteiger partial charge in [0.05, 0.1) is 27.1 Å². The number of halogens is 2. The van der Waals surface area contributed by atoms with E-state index in [4.69, 9.17) is 0 Å². The van der Waals surface area contributed by atoms with Crippen LogP contribution in [-0.4, -0.2) is 30.6 Å². The van der Waals surface area contributed by atoms with Crippen LogP contribution >= 0.6 is 11.3 Å². The molecule has 5 aromatic rings. The number of hydrogen-bond donors (Lipinski definition) is 1. The number of aromatic nitrogens is 4. The molecule has 0 aliphatic rings. The largest absolute Gasteiger partial charge is 0.324 e. The fourth-order valence-electron chi connectivity index (χ4n) is 3.25. The Morgan fingerprint density at radius 3 is 2.53 bits per heavy atom. The number of nitrogens with one attached hydrogen (secondary N) is 1. The zero-order chi connectivity index (χ0) is 23.8. The average molecular weight is 478 g/mol. The number of amides is 1. The first-order valence-corrected chi connectivity index (χ1v) is 10.5. The number of hydrogen-bond acceptors (Lipinski definition) is 7. The third-order valence-electron chi connectivity index (χ3n) is 4.81. The van der Waals surface area contributed by atoms with Gasteiger partial charge in [-0.05, 0) is 48.5 Å². The summed E-state index contributed by atoms with van der Waals surface area (Å²) in [6.45, 7) is 0. The van der Waals surface area contributed by atoms with E-state index in [-0.39, 0.29) is 27.2 Å². The van der Waals surface area contributed by atoms with Gasteiger partial charge in [-0.15, -0.1) is 0 Å². The Balaban J connectivity index is 1.64. The molecule has 0 spiro atoms.